The van der Waals surface area contributed by atoms with Crippen molar-refractivity contribution in [1.29, 1.82) is 0 Å². The minimum atomic E-state index is -0.233. The van der Waals surface area contributed by atoms with Crippen LogP contribution in [-0.4, -0.2) is 31.7 Å². The Morgan fingerprint density at radius 1 is 1.04 bits per heavy atom. The number of ether oxygens (including phenoxy) is 2. The number of hydrogen-bond acceptors (Lipinski definition) is 4. The summed E-state index contributed by atoms with van der Waals surface area (Å²) >= 11 is 0. The molecule has 5 heteroatoms. The predicted octanol–water partition coefficient (Wildman–Crippen LogP) is 3.19. The highest BCUT2D eigenvalue weighted by Crippen LogP contribution is 2.39. The number of hydrogen-bond donors (Lipinski definition) is 2. The molecule has 1 atom stereocenters. The van der Waals surface area contributed by atoms with E-state index in [1.807, 2.05) is 54.6 Å². The summed E-state index contributed by atoms with van der Waals surface area (Å²) < 4.78 is 11.4. The number of nitrogens with one attached hydrogen (secondary N) is 2. The quantitative estimate of drug-likeness (QED) is 0.899. The van der Waals surface area contributed by atoms with Crippen molar-refractivity contribution >= 4 is 11.6 Å². The Kier molecular flexibility index (Phi) is 4.32. The average molecular weight is 338 g/mol. The highest BCUT2D eigenvalue weighted by molar-refractivity contribution is 5.88. The van der Waals surface area contributed by atoms with Crippen molar-refractivity contribution in [3.05, 3.63) is 54.6 Å². The van der Waals surface area contributed by atoms with Gasteiger partial charge in [-0.2, -0.15) is 0 Å². The zero-order chi connectivity index (χ0) is 17.1. The SMILES string of the molecule is O=C1NCC2(CCOCC2)C1Nc1cccc(Oc2ccccc2)c1. The van der Waals surface area contributed by atoms with Gasteiger partial charge in [-0.25, -0.2) is 0 Å². The van der Waals surface area contributed by atoms with Gasteiger partial charge in [0, 0.05) is 36.9 Å². The molecule has 1 unspecified atom stereocenters. The first-order valence-electron chi connectivity index (χ1n) is 8.70. The van der Waals surface area contributed by atoms with Crippen LogP contribution in [0, 0.1) is 5.41 Å². The van der Waals surface area contributed by atoms with Gasteiger partial charge >= 0.3 is 0 Å². The zero-order valence-electron chi connectivity index (χ0n) is 14.0. The van der Waals surface area contributed by atoms with E-state index >= 15 is 0 Å². The number of carbonyl (C=O) groups excluding carboxylic acids is 1. The maximum Gasteiger partial charge on any atom is 0.243 e. The molecule has 25 heavy (non-hydrogen) atoms. The number of rotatable bonds is 4. The third-order valence-corrected chi connectivity index (χ3v) is 5.10. The Labute approximate surface area is 147 Å². The number of anilines is 1. The molecule has 5 nitrogen and oxygen atoms in total. The lowest BCUT2D eigenvalue weighted by Gasteiger charge is -2.37. The second-order valence-electron chi connectivity index (χ2n) is 6.71. The number of benzene rings is 2. The van der Waals surface area contributed by atoms with Crippen LogP contribution in [0.3, 0.4) is 0 Å². The largest absolute Gasteiger partial charge is 0.457 e. The smallest absolute Gasteiger partial charge is 0.243 e. The van der Waals surface area contributed by atoms with Gasteiger partial charge in [-0.15, -0.1) is 0 Å². The van der Waals surface area contributed by atoms with Gasteiger partial charge in [-0.05, 0) is 37.1 Å². The Bertz CT molecular complexity index is 742. The van der Waals surface area contributed by atoms with Crippen molar-refractivity contribution in [3.63, 3.8) is 0 Å². The summed E-state index contributed by atoms with van der Waals surface area (Å²) in [4.78, 5) is 12.4. The maximum atomic E-state index is 12.4. The van der Waals surface area contributed by atoms with Crippen LogP contribution in [0.4, 0.5) is 5.69 Å². The molecule has 0 radical (unpaired) electrons. The molecular formula is C20H22N2O3. The summed E-state index contributed by atoms with van der Waals surface area (Å²) in [5.41, 5.74) is 0.826. The highest BCUT2D eigenvalue weighted by Gasteiger charge is 2.49. The highest BCUT2D eigenvalue weighted by atomic mass is 16.5. The number of amides is 1. The molecule has 2 aliphatic heterocycles. The third kappa shape index (κ3) is 3.33. The molecule has 4 rings (SSSR count). The number of carbonyl (C=O) groups is 1. The van der Waals surface area contributed by atoms with Crippen molar-refractivity contribution in [2.45, 2.75) is 18.9 Å². The van der Waals surface area contributed by atoms with Crippen LogP contribution in [0.1, 0.15) is 12.8 Å². The Hall–Kier alpha value is -2.53. The van der Waals surface area contributed by atoms with E-state index in [1.54, 1.807) is 0 Å². The fourth-order valence-corrected chi connectivity index (χ4v) is 3.65. The molecule has 2 N–H and O–H groups in total. The van der Waals surface area contributed by atoms with E-state index in [4.69, 9.17) is 9.47 Å². The summed E-state index contributed by atoms with van der Waals surface area (Å²) in [5.74, 6) is 1.60. The van der Waals surface area contributed by atoms with Gasteiger partial charge < -0.3 is 20.1 Å². The van der Waals surface area contributed by atoms with Crippen LogP contribution >= 0.6 is 0 Å². The van der Waals surface area contributed by atoms with E-state index in [2.05, 4.69) is 10.6 Å². The van der Waals surface area contributed by atoms with Gasteiger partial charge in [0.1, 0.15) is 17.5 Å². The van der Waals surface area contributed by atoms with E-state index in [0.717, 1.165) is 30.0 Å². The van der Waals surface area contributed by atoms with Crippen LogP contribution in [-0.2, 0) is 9.53 Å². The molecule has 2 aromatic carbocycles. The second-order valence-corrected chi connectivity index (χ2v) is 6.71. The number of para-hydroxylation sites is 1. The summed E-state index contributed by atoms with van der Waals surface area (Å²) in [6, 6.07) is 17.2. The van der Waals surface area contributed by atoms with Gasteiger partial charge in [0.25, 0.3) is 0 Å². The first kappa shape index (κ1) is 16.0. The predicted molar refractivity (Wildman–Crippen MR) is 95.9 cm³/mol. The molecule has 0 aliphatic carbocycles. The fraction of sp³-hybridized carbons (Fsp3) is 0.350. The van der Waals surface area contributed by atoms with Crippen LogP contribution in [0.5, 0.6) is 11.5 Å². The summed E-state index contributed by atoms with van der Waals surface area (Å²) in [5, 5.41) is 6.45. The first-order valence-corrected chi connectivity index (χ1v) is 8.70. The summed E-state index contributed by atoms with van der Waals surface area (Å²) in [6.45, 7) is 2.14. The second kappa shape index (κ2) is 6.76. The molecule has 2 aliphatic rings. The lowest BCUT2D eigenvalue weighted by Crippen LogP contribution is -2.45. The van der Waals surface area contributed by atoms with Crippen LogP contribution < -0.4 is 15.4 Å². The summed E-state index contributed by atoms with van der Waals surface area (Å²) in [6.07, 6.45) is 1.78. The van der Waals surface area contributed by atoms with Gasteiger partial charge in [-0.1, -0.05) is 24.3 Å². The van der Waals surface area contributed by atoms with Crippen LogP contribution in [0.25, 0.3) is 0 Å². The molecule has 1 spiro atoms. The van der Waals surface area contributed by atoms with E-state index in [9.17, 15) is 4.79 Å². The van der Waals surface area contributed by atoms with E-state index in [0.29, 0.717) is 19.8 Å². The lowest BCUT2D eigenvalue weighted by molar-refractivity contribution is -0.121. The molecule has 2 saturated heterocycles. The van der Waals surface area contributed by atoms with E-state index < -0.39 is 0 Å². The van der Waals surface area contributed by atoms with E-state index in [-0.39, 0.29) is 17.4 Å². The maximum absolute atomic E-state index is 12.4. The fourth-order valence-electron chi connectivity index (χ4n) is 3.65. The monoisotopic (exact) mass is 338 g/mol. The molecule has 0 saturated carbocycles. The molecular weight excluding hydrogens is 316 g/mol. The zero-order valence-corrected chi connectivity index (χ0v) is 14.0. The van der Waals surface area contributed by atoms with Crippen molar-refractivity contribution in [2.75, 3.05) is 25.1 Å². The normalized spacial score (nSPS) is 21.8. The van der Waals surface area contributed by atoms with Gasteiger partial charge in [0.05, 0.1) is 0 Å². The minimum Gasteiger partial charge on any atom is -0.457 e. The molecule has 1 amide bonds. The van der Waals surface area contributed by atoms with Crippen LogP contribution in [0.15, 0.2) is 54.6 Å². The van der Waals surface area contributed by atoms with Gasteiger partial charge in [0.15, 0.2) is 0 Å². The molecule has 2 heterocycles. The minimum absolute atomic E-state index is 0.0639. The Morgan fingerprint density at radius 3 is 2.60 bits per heavy atom. The topological polar surface area (TPSA) is 59.6 Å². The Balaban J connectivity index is 1.52. The third-order valence-electron chi connectivity index (χ3n) is 5.10. The van der Waals surface area contributed by atoms with Crippen molar-refractivity contribution in [1.82, 2.24) is 5.32 Å². The van der Waals surface area contributed by atoms with Crippen LogP contribution in [0.2, 0.25) is 0 Å². The lowest BCUT2D eigenvalue weighted by atomic mass is 9.76. The first-order chi connectivity index (χ1) is 12.3. The molecule has 0 aromatic heterocycles. The molecule has 0 bridgehead atoms. The average Bonchev–Trinajstić information content (AvgIpc) is 2.93. The molecule has 130 valence electrons. The standard InChI is InChI=1S/C20H22N2O3/c23-19-18(20(14-21-19)9-11-24-12-10-20)22-15-5-4-8-17(13-15)25-16-6-2-1-3-7-16/h1-8,13,18,22H,9-12,14H2,(H,21,23). The van der Waals surface area contributed by atoms with Crippen molar-refractivity contribution in [3.8, 4) is 11.5 Å². The van der Waals surface area contributed by atoms with Gasteiger partial charge in [0.2, 0.25) is 5.91 Å². The molecule has 2 aromatic rings. The molecule has 2 fully saturated rings. The van der Waals surface area contributed by atoms with Crippen molar-refractivity contribution < 1.29 is 14.3 Å². The summed E-state index contributed by atoms with van der Waals surface area (Å²) in [7, 11) is 0. The van der Waals surface area contributed by atoms with E-state index in [1.165, 1.54) is 0 Å². The van der Waals surface area contributed by atoms with Crippen molar-refractivity contribution in [2.24, 2.45) is 5.41 Å². The van der Waals surface area contributed by atoms with Gasteiger partial charge in [-0.3, -0.25) is 4.79 Å². The Morgan fingerprint density at radius 2 is 1.80 bits per heavy atom.